The van der Waals surface area contributed by atoms with Crippen LogP contribution in [-0.2, 0) is 20.7 Å². The molecule has 112 valence electrons. The molecule has 1 saturated heterocycles. The smallest absolute Gasteiger partial charge is 0.328 e. The predicted octanol–water partition coefficient (Wildman–Crippen LogP) is 0.441. The maximum Gasteiger partial charge on any atom is 0.328 e. The Balaban J connectivity index is 1.78. The molecule has 21 heavy (non-hydrogen) atoms. The number of ether oxygens (including phenoxy) is 2. The first-order chi connectivity index (χ1) is 10.1. The molecule has 0 radical (unpaired) electrons. The van der Waals surface area contributed by atoms with E-state index in [0.717, 1.165) is 0 Å². The van der Waals surface area contributed by atoms with Gasteiger partial charge in [-0.1, -0.05) is 12.1 Å². The van der Waals surface area contributed by atoms with Crippen LogP contribution in [0.1, 0.15) is 5.56 Å². The molecular weight excluding hydrogens is 281 g/mol. The molecule has 1 amide bonds. The van der Waals surface area contributed by atoms with E-state index in [4.69, 9.17) is 14.6 Å². The van der Waals surface area contributed by atoms with E-state index in [2.05, 4.69) is 0 Å². The lowest BCUT2D eigenvalue weighted by atomic mass is 10.1. The number of rotatable bonds is 2. The number of hydrogen-bond acceptors (Lipinski definition) is 4. The number of aliphatic carboxylic acids is 1. The zero-order valence-corrected chi connectivity index (χ0v) is 11.1. The predicted molar refractivity (Wildman–Crippen MR) is 68.5 cm³/mol. The maximum absolute atomic E-state index is 13.6. The van der Waals surface area contributed by atoms with Crippen molar-refractivity contribution in [2.24, 2.45) is 0 Å². The van der Waals surface area contributed by atoms with E-state index in [1.54, 1.807) is 12.1 Å². The van der Waals surface area contributed by atoms with E-state index in [1.165, 1.54) is 11.0 Å². The molecule has 2 heterocycles. The number of halogens is 1. The highest BCUT2D eigenvalue weighted by Gasteiger charge is 2.40. The number of carboxylic acids is 1. The number of hydrogen-bond donors (Lipinski definition) is 1. The summed E-state index contributed by atoms with van der Waals surface area (Å²) in [4.78, 5) is 24.9. The Morgan fingerprint density at radius 2 is 2.19 bits per heavy atom. The molecule has 1 fully saturated rings. The van der Waals surface area contributed by atoms with Crippen molar-refractivity contribution in [2.75, 3.05) is 19.8 Å². The Labute approximate surface area is 120 Å². The van der Waals surface area contributed by atoms with Crippen molar-refractivity contribution >= 4 is 11.9 Å². The monoisotopic (exact) mass is 295 g/mol. The highest BCUT2D eigenvalue weighted by Crippen LogP contribution is 2.32. The molecule has 0 saturated carbocycles. The van der Waals surface area contributed by atoms with Crippen LogP contribution in [0.3, 0.4) is 0 Å². The minimum absolute atomic E-state index is 0.0465. The van der Waals surface area contributed by atoms with Crippen LogP contribution < -0.4 is 4.74 Å². The van der Waals surface area contributed by atoms with Crippen LogP contribution in [0.25, 0.3) is 0 Å². The van der Waals surface area contributed by atoms with Gasteiger partial charge in [-0.05, 0) is 6.07 Å². The lowest BCUT2D eigenvalue weighted by Gasteiger charge is -2.34. The molecule has 0 spiro atoms. The third kappa shape index (κ3) is 2.44. The average molecular weight is 295 g/mol. The van der Waals surface area contributed by atoms with Gasteiger partial charge in [0.1, 0.15) is 0 Å². The molecule has 6 nitrogen and oxygen atoms in total. The van der Waals surface area contributed by atoms with Crippen LogP contribution >= 0.6 is 0 Å². The van der Waals surface area contributed by atoms with Crippen molar-refractivity contribution in [3.63, 3.8) is 0 Å². The molecule has 0 aliphatic carbocycles. The van der Waals surface area contributed by atoms with E-state index in [9.17, 15) is 14.0 Å². The number of benzene rings is 1. The lowest BCUT2D eigenvalue weighted by molar-refractivity contribution is -0.161. The number of carbonyl (C=O) groups is 2. The van der Waals surface area contributed by atoms with E-state index >= 15 is 0 Å². The summed E-state index contributed by atoms with van der Waals surface area (Å²) in [7, 11) is 0. The molecule has 1 aromatic rings. The van der Waals surface area contributed by atoms with Gasteiger partial charge in [0.2, 0.25) is 0 Å². The van der Waals surface area contributed by atoms with Crippen molar-refractivity contribution in [3.05, 3.63) is 29.6 Å². The van der Waals surface area contributed by atoms with Crippen molar-refractivity contribution in [3.8, 4) is 5.75 Å². The standard InChI is InChI=1S/C14H14FNO5/c15-9-3-1-2-8-6-11(21-12(8)9)13(17)16-4-5-20-7-10(16)14(18)19/h1-3,10-11H,4-7H2,(H,18,19)/t10-,11-/m0/s1. The normalized spacial score (nSPS) is 24.3. The van der Waals surface area contributed by atoms with Gasteiger partial charge in [-0.3, -0.25) is 4.79 Å². The summed E-state index contributed by atoms with van der Waals surface area (Å²) in [6.07, 6.45) is -0.632. The molecule has 2 aliphatic heterocycles. The van der Waals surface area contributed by atoms with Crippen molar-refractivity contribution in [2.45, 2.75) is 18.6 Å². The first kappa shape index (κ1) is 13.8. The number of fused-ring (bicyclic) bond motifs is 1. The summed E-state index contributed by atoms with van der Waals surface area (Å²) in [5.41, 5.74) is 0.619. The summed E-state index contributed by atoms with van der Waals surface area (Å²) in [6.45, 7) is 0.424. The summed E-state index contributed by atoms with van der Waals surface area (Å²) in [5, 5.41) is 9.14. The zero-order chi connectivity index (χ0) is 15.0. The number of morpholine rings is 1. The summed E-state index contributed by atoms with van der Waals surface area (Å²) >= 11 is 0. The maximum atomic E-state index is 13.6. The lowest BCUT2D eigenvalue weighted by Crippen LogP contribution is -2.56. The van der Waals surface area contributed by atoms with E-state index < -0.39 is 29.8 Å². The highest BCUT2D eigenvalue weighted by molar-refractivity contribution is 5.87. The quantitative estimate of drug-likeness (QED) is 0.857. The van der Waals surface area contributed by atoms with Gasteiger partial charge in [0.15, 0.2) is 23.7 Å². The zero-order valence-electron chi connectivity index (χ0n) is 11.1. The fourth-order valence-electron chi connectivity index (χ4n) is 2.62. The molecule has 2 aliphatic rings. The average Bonchev–Trinajstić information content (AvgIpc) is 2.92. The van der Waals surface area contributed by atoms with Crippen molar-refractivity contribution < 1.29 is 28.6 Å². The molecule has 2 atom stereocenters. The Morgan fingerprint density at radius 1 is 1.38 bits per heavy atom. The van der Waals surface area contributed by atoms with Gasteiger partial charge >= 0.3 is 5.97 Å². The molecule has 0 bridgehead atoms. The topological polar surface area (TPSA) is 76.1 Å². The van der Waals surface area contributed by atoms with Crippen molar-refractivity contribution in [1.82, 2.24) is 4.90 Å². The second-order valence-electron chi connectivity index (χ2n) is 5.00. The third-order valence-electron chi connectivity index (χ3n) is 3.69. The molecule has 3 rings (SSSR count). The van der Waals surface area contributed by atoms with Crippen LogP contribution in [0.5, 0.6) is 5.75 Å². The largest absolute Gasteiger partial charge is 0.480 e. The summed E-state index contributed by atoms with van der Waals surface area (Å²) < 4.78 is 24.1. The molecular formula is C14H14FNO5. The second kappa shape index (κ2) is 5.33. The number of amides is 1. The Bertz CT molecular complexity index is 591. The second-order valence-corrected chi connectivity index (χ2v) is 5.00. The Hall–Kier alpha value is -2.15. The molecule has 0 aromatic heterocycles. The van der Waals surface area contributed by atoms with Crippen LogP contribution in [0.4, 0.5) is 4.39 Å². The Kier molecular flexibility index (Phi) is 3.50. The number of nitrogens with zero attached hydrogens (tertiary/aromatic N) is 1. The van der Waals surface area contributed by atoms with E-state index in [0.29, 0.717) is 5.56 Å². The first-order valence-electron chi connectivity index (χ1n) is 6.63. The molecule has 0 unspecified atom stereocenters. The van der Waals surface area contributed by atoms with Crippen LogP contribution in [0, 0.1) is 5.82 Å². The fourth-order valence-corrected chi connectivity index (χ4v) is 2.62. The minimum atomic E-state index is -1.12. The van der Waals surface area contributed by atoms with Gasteiger partial charge in [-0.25, -0.2) is 9.18 Å². The first-order valence-corrected chi connectivity index (χ1v) is 6.63. The van der Waals surface area contributed by atoms with E-state index in [1.807, 2.05) is 0 Å². The summed E-state index contributed by atoms with van der Waals surface area (Å²) in [6, 6.07) is 3.49. The Morgan fingerprint density at radius 3 is 2.90 bits per heavy atom. The third-order valence-corrected chi connectivity index (χ3v) is 3.69. The highest BCUT2D eigenvalue weighted by atomic mass is 19.1. The SMILES string of the molecule is O=C(O)[C@@H]1COCCN1C(=O)[C@@H]1Cc2cccc(F)c2O1. The summed E-state index contributed by atoms with van der Waals surface area (Å²) in [5.74, 6) is -2.00. The van der Waals surface area contributed by atoms with Gasteiger partial charge in [0.25, 0.3) is 5.91 Å². The molecule has 1 N–H and O–H groups in total. The van der Waals surface area contributed by atoms with E-state index in [-0.39, 0.29) is 31.9 Å². The number of para-hydroxylation sites is 1. The van der Waals surface area contributed by atoms with Gasteiger partial charge in [-0.2, -0.15) is 0 Å². The minimum Gasteiger partial charge on any atom is -0.480 e. The number of carboxylic acid groups (broad SMARTS) is 1. The van der Waals surface area contributed by atoms with Crippen LogP contribution in [-0.4, -0.2) is 53.8 Å². The van der Waals surface area contributed by atoms with Crippen LogP contribution in [0.15, 0.2) is 18.2 Å². The van der Waals surface area contributed by atoms with Crippen LogP contribution in [0.2, 0.25) is 0 Å². The van der Waals surface area contributed by atoms with Crippen molar-refractivity contribution in [1.29, 1.82) is 0 Å². The molecule has 7 heteroatoms. The van der Waals surface area contributed by atoms with Gasteiger partial charge in [0, 0.05) is 18.5 Å². The van der Waals surface area contributed by atoms with Gasteiger partial charge in [0.05, 0.1) is 13.2 Å². The molecule has 1 aromatic carbocycles. The fraction of sp³-hybridized carbons (Fsp3) is 0.429. The van der Waals surface area contributed by atoms with Gasteiger partial charge < -0.3 is 19.5 Å². The number of carbonyl (C=O) groups excluding carboxylic acids is 1. The van der Waals surface area contributed by atoms with Gasteiger partial charge in [-0.15, -0.1) is 0 Å².